The molecular weight excluding hydrogens is 263 g/mol. The van der Waals surface area contributed by atoms with Crippen LogP contribution in [0, 0.1) is 11.7 Å². The average molecular weight is 282 g/mol. The lowest BCUT2D eigenvalue weighted by atomic mass is 9.91. The van der Waals surface area contributed by atoms with E-state index in [0.29, 0.717) is 11.5 Å². The highest BCUT2D eigenvalue weighted by Gasteiger charge is 2.25. The maximum atomic E-state index is 13.0. The fraction of sp³-hybridized carbons (Fsp3) is 0.533. The summed E-state index contributed by atoms with van der Waals surface area (Å²) in [5, 5.41) is 0.126. The van der Waals surface area contributed by atoms with E-state index in [-0.39, 0.29) is 16.8 Å². The van der Waals surface area contributed by atoms with Gasteiger partial charge < -0.3 is 0 Å². The van der Waals surface area contributed by atoms with Crippen LogP contribution in [0.5, 0.6) is 0 Å². The Balaban J connectivity index is 1.97. The molecule has 1 aliphatic rings. The monoisotopic (exact) mass is 282 g/mol. The summed E-state index contributed by atoms with van der Waals surface area (Å²) in [7, 11) is -1.14. The van der Waals surface area contributed by atoms with Crippen LogP contribution in [0.2, 0.25) is 0 Å². The summed E-state index contributed by atoms with van der Waals surface area (Å²) in [6.07, 6.45) is 4.15. The first-order valence-corrected chi connectivity index (χ1v) is 8.10. The van der Waals surface area contributed by atoms with Crippen molar-refractivity contribution >= 4 is 16.6 Å². The normalized spacial score (nSPS) is 24.9. The second-order valence-electron chi connectivity index (χ2n) is 5.35. The molecule has 19 heavy (non-hydrogen) atoms. The fourth-order valence-electron chi connectivity index (χ4n) is 2.61. The van der Waals surface area contributed by atoms with Crippen LogP contribution in [0.1, 0.15) is 43.0 Å². The van der Waals surface area contributed by atoms with Crippen molar-refractivity contribution in [3.8, 4) is 0 Å². The van der Waals surface area contributed by atoms with Gasteiger partial charge in [0.2, 0.25) is 0 Å². The first-order chi connectivity index (χ1) is 9.06. The van der Waals surface area contributed by atoms with E-state index in [1.54, 1.807) is 6.07 Å². The minimum Gasteiger partial charge on any atom is -0.293 e. The molecule has 0 spiro atoms. The summed E-state index contributed by atoms with van der Waals surface area (Å²) < 4.78 is 25.3. The van der Waals surface area contributed by atoms with Crippen molar-refractivity contribution in [3.63, 3.8) is 0 Å². The summed E-state index contributed by atoms with van der Waals surface area (Å²) in [5.41, 5.74) is 0.317. The van der Waals surface area contributed by atoms with Gasteiger partial charge in [-0.3, -0.25) is 9.00 Å². The topological polar surface area (TPSA) is 34.1 Å². The number of benzene rings is 1. The van der Waals surface area contributed by atoms with Gasteiger partial charge in [-0.05, 0) is 30.9 Å². The number of hydrogen-bond donors (Lipinski definition) is 0. The molecule has 0 aliphatic heterocycles. The van der Waals surface area contributed by atoms with Gasteiger partial charge in [0, 0.05) is 21.6 Å². The van der Waals surface area contributed by atoms with E-state index < -0.39 is 16.6 Å². The van der Waals surface area contributed by atoms with Crippen molar-refractivity contribution in [1.29, 1.82) is 0 Å². The molecule has 0 saturated heterocycles. The molecule has 0 aromatic heterocycles. The van der Waals surface area contributed by atoms with E-state index in [1.165, 1.54) is 24.6 Å². The third-order valence-electron chi connectivity index (χ3n) is 3.68. The van der Waals surface area contributed by atoms with Gasteiger partial charge in [0.05, 0.1) is 5.75 Å². The van der Waals surface area contributed by atoms with Gasteiger partial charge in [-0.25, -0.2) is 4.39 Å². The molecule has 1 aromatic carbocycles. The van der Waals surface area contributed by atoms with Crippen LogP contribution in [0.4, 0.5) is 4.39 Å². The Morgan fingerprint density at radius 2 is 2.21 bits per heavy atom. The number of rotatable bonds is 4. The molecule has 2 rings (SSSR count). The van der Waals surface area contributed by atoms with E-state index in [0.717, 1.165) is 19.3 Å². The molecule has 4 heteroatoms. The molecule has 3 unspecified atom stereocenters. The summed E-state index contributed by atoms with van der Waals surface area (Å²) in [6, 6.07) is 5.60. The lowest BCUT2D eigenvalue weighted by Crippen LogP contribution is -2.27. The van der Waals surface area contributed by atoms with E-state index in [9.17, 15) is 13.4 Å². The second kappa shape index (κ2) is 6.42. The van der Waals surface area contributed by atoms with Gasteiger partial charge in [0.1, 0.15) is 5.82 Å². The number of hydrogen-bond acceptors (Lipinski definition) is 2. The van der Waals surface area contributed by atoms with Crippen LogP contribution in [0.3, 0.4) is 0 Å². The minimum absolute atomic E-state index is 0.0147. The highest BCUT2D eigenvalue weighted by atomic mass is 32.2. The third kappa shape index (κ3) is 3.96. The van der Waals surface area contributed by atoms with Crippen LogP contribution in [-0.2, 0) is 10.8 Å². The summed E-state index contributed by atoms with van der Waals surface area (Å²) in [5.74, 6) is -0.0492. The van der Waals surface area contributed by atoms with Crippen molar-refractivity contribution in [1.82, 2.24) is 0 Å². The largest absolute Gasteiger partial charge is 0.293 e. The van der Waals surface area contributed by atoms with Gasteiger partial charge in [-0.2, -0.15) is 0 Å². The SMILES string of the molecule is CC1CCCC(S(=O)CC(=O)c2cccc(F)c2)C1. The first-order valence-electron chi connectivity index (χ1n) is 6.72. The smallest absolute Gasteiger partial charge is 0.175 e. The second-order valence-corrected chi connectivity index (χ2v) is 7.07. The van der Waals surface area contributed by atoms with Gasteiger partial charge in [0.25, 0.3) is 0 Å². The predicted octanol–water partition coefficient (Wildman–Crippen LogP) is 3.34. The van der Waals surface area contributed by atoms with E-state index in [1.807, 2.05) is 0 Å². The van der Waals surface area contributed by atoms with Crippen molar-refractivity contribution < 1.29 is 13.4 Å². The average Bonchev–Trinajstić information content (AvgIpc) is 2.38. The molecule has 1 fully saturated rings. The van der Waals surface area contributed by atoms with Crippen LogP contribution in [0.15, 0.2) is 24.3 Å². The molecule has 0 N–H and O–H groups in total. The molecule has 104 valence electrons. The van der Waals surface area contributed by atoms with Crippen LogP contribution in [0.25, 0.3) is 0 Å². The standard InChI is InChI=1S/C15H19FO2S/c1-11-4-2-7-14(8-11)19(18)10-15(17)12-5-3-6-13(16)9-12/h3,5-6,9,11,14H,2,4,7-8,10H2,1H3. The number of carbonyl (C=O) groups is 1. The zero-order chi connectivity index (χ0) is 13.8. The Bertz CT molecular complexity index is 487. The minimum atomic E-state index is -1.14. The molecule has 1 aromatic rings. The van der Waals surface area contributed by atoms with Gasteiger partial charge in [0.15, 0.2) is 5.78 Å². The quantitative estimate of drug-likeness (QED) is 0.794. The Labute approximate surface area is 115 Å². The van der Waals surface area contributed by atoms with Crippen molar-refractivity contribution in [3.05, 3.63) is 35.6 Å². The number of ketones is 1. The number of carbonyl (C=O) groups excluding carboxylic acids is 1. The fourth-order valence-corrected chi connectivity index (χ4v) is 4.24. The summed E-state index contributed by atoms with van der Waals surface area (Å²) in [4.78, 5) is 12.0. The van der Waals surface area contributed by atoms with Gasteiger partial charge in [-0.1, -0.05) is 31.9 Å². The molecule has 2 nitrogen and oxygen atoms in total. The van der Waals surface area contributed by atoms with Crippen molar-refractivity contribution in [2.75, 3.05) is 5.75 Å². The number of Topliss-reactive ketones (excluding diaryl/α,β-unsaturated/α-hetero) is 1. The summed E-state index contributed by atoms with van der Waals surface area (Å²) in [6.45, 7) is 2.16. The maximum Gasteiger partial charge on any atom is 0.175 e. The first kappa shape index (κ1) is 14.4. The maximum absolute atomic E-state index is 13.0. The van der Waals surface area contributed by atoms with Gasteiger partial charge >= 0.3 is 0 Å². The van der Waals surface area contributed by atoms with E-state index in [4.69, 9.17) is 0 Å². The molecule has 0 heterocycles. The Hall–Kier alpha value is -1.03. The predicted molar refractivity (Wildman–Crippen MR) is 75.2 cm³/mol. The van der Waals surface area contributed by atoms with Crippen molar-refractivity contribution in [2.24, 2.45) is 5.92 Å². The van der Waals surface area contributed by atoms with Gasteiger partial charge in [-0.15, -0.1) is 0 Å². The van der Waals surface area contributed by atoms with Crippen LogP contribution in [-0.4, -0.2) is 21.0 Å². The molecule has 1 aliphatic carbocycles. The Kier molecular flexibility index (Phi) is 4.86. The molecule has 3 atom stereocenters. The molecular formula is C15H19FO2S. The molecule has 1 saturated carbocycles. The lowest BCUT2D eigenvalue weighted by molar-refractivity contribution is 0.102. The number of halogens is 1. The molecule has 0 bridgehead atoms. The molecule has 0 radical (unpaired) electrons. The van der Waals surface area contributed by atoms with Crippen LogP contribution >= 0.6 is 0 Å². The summed E-state index contributed by atoms with van der Waals surface area (Å²) >= 11 is 0. The lowest BCUT2D eigenvalue weighted by Gasteiger charge is -2.25. The zero-order valence-electron chi connectivity index (χ0n) is 11.1. The van der Waals surface area contributed by atoms with E-state index >= 15 is 0 Å². The Morgan fingerprint density at radius 3 is 2.89 bits per heavy atom. The van der Waals surface area contributed by atoms with Crippen LogP contribution < -0.4 is 0 Å². The third-order valence-corrected chi connectivity index (χ3v) is 5.40. The highest BCUT2D eigenvalue weighted by Crippen LogP contribution is 2.27. The van der Waals surface area contributed by atoms with E-state index in [2.05, 4.69) is 6.92 Å². The molecule has 0 amide bonds. The Morgan fingerprint density at radius 1 is 1.42 bits per heavy atom. The van der Waals surface area contributed by atoms with Crippen molar-refractivity contribution in [2.45, 2.75) is 37.9 Å². The highest BCUT2D eigenvalue weighted by molar-refractivity contribution is 7.86. The zero-order valence-corrected chi connectivity index (χ0v) is 11.9.